The second-order valence-corrected chi connectivity index (χ2v) is 9.94. The SMILES string of the molecule is Cn1cnc(Cn2c(=O)c3c(F)cc(-c4cc5c(cc4Cl)NC(=O)C5)cc3n(Cc3cc(F)c(F)c(F)c3)c2=O)n1. The Kier molecular flexibility index (Phi) is 6.25. The van der Waals surface area contributed by atoms with Crippen LogP contribution >= 0.6 is 11.6 Å². The molecule has 0 fully saturated rings. The van der Waals surface area contributed by atoms with Crippen LogP contribution in [-0.4, -0.2) is 29.8 Å². The van der Waals surface area contributed by atoms with Crippen molar-refractivity contribution in [1.29, 1.82) is 0 Å². The summed E-state index contributed by atoms with van der Waals surface area (Å²) in [4.78, 5) is 43.0. The van der Waals surface area contributed by atoms with Crippen LogP contribution in [-0.2, 0) is 31.4 Å². The molecule has 0 saturated carbocycles. The lowest BCUT2D eigenvalue weighted by Crippen LogP contribution is -2.41. The number of nitrogens with zero attached hydrogens (tertiary/aromatic N) is 5. The quantitative estimate of drug-likeness (QED) is 0.250. The van der Waals surface area contributed by atoms with E-state index in [-0.39, 0.29) is 39.8 Å². The third-order valence-corrected chi connectivity index (χ3v) is 7.05. The van der Waals surface area contributed by atoms with Gasteiger partial charge in [0.2, 0.25) is 5.91 Å². The Morgan fingerprint density at radius 3 is 2.34 bits per heavy atom. The summed E-state index contributed by atoms with van der Waals surface area (Å²) in [6.07, 6.45) is 1.43. The molecule has 6 rings (SSSR count). The van der Waals surface area contributed by atoms with Crippen molar-refractivity contribution in [3.8, 4) is 11.1 Å². The number of aromatic nitrogens is 5. The van der Waals surface area contributed by atoms with E-state index < -0.39 is 53.0 Å². The number of anilines is 1. The van der Waals surface area contributed by atoms with E-state index in [0.717, 1.165) is 10.6 Å². The molecule has 0 radical (unpaired) electrons. The van der Waals surface area contributed by atoms with Crippen molar-refractivity contribution in [2.24, 2.45) is 7.05 Å². The van der Waals surface area contributed by atoms with E-state index in [4.69, 9.17) is 11.6 Å². The molecule has 1 amide bonds. The third-order valence-electron chi connectivity index (χ3n) is 6.74. The van der Waals surface area contributed by atoms with Gasteiger partial charge in [-0.05, 0) is 53.1 Å². The molecule has 5 aromatic rings. The van der Waals surface area contributed by atoms with E-state index >= 15 is 4.39 Å². The van der Waals surface area contributed by atoms with Crippen LogP contribution in [0.5, 0.6) is 0 Å². The fourth-order valence-corrected chi connectivity index (χ4v) is 5.16. The molecule has 0 unspecified atom stereocenters. The summed E-state index contributed by atoms with van der Waals surface area (Å²) in [6.45, 7) is -0.960. The van der Waals surface area contributed by atoms with Gasteiger partial charge in [-0.15, -0.1) is 0 Å². The maximum Gasteiger partial charge on any atom is 0.332 e. The summed E-state index contributed by atoms with van der Waals surface area (Å²) in [5.41, 5.74) is -0.669. The van der Waals surface area contributed by atoms with E-state index in [0.29, 0.717) is 33.5 Å². The molecule has 1 aliphatic rings. The summed E-state index contributed by atoms with van der Waals surface area (Å²) in [7, 11) is 1.58. The largest absolute Gasteiger partial charge is 0.332 e. The summed E-state index contributed by atoms with van der Waals surface area (Å²) < 4.78 is 60.5. The third kappa shape index (κ3) is 4.57. The number of nitrogens with one attached hydrogen (secondary N) is 1. The molecule has 2 aromatic heterocycles. The first kappa shape index (κ1) is 26.4. The first-order valence-corrected chi connectivity index (χ1v) is 12.5. The van der Waals surface area contributed by atoms with E-state index in [2.05, 4.69) is 15.4 Å². The lowest BCUT2D eigenvalue weighted by molar-refractivity contribution is -0.115. The highest BCUT2D eigenvalue weighted by molar-refractivity contribution is 6.34. The molecular weight excluding hydrogens is 568 g/mol. The normalized spacial score (nSPS) is 12.7. The Hall–Kier alpha value is -4.78. The van der Waals surface area contributed by atoms with Gasteiger partial charge >= 0.3 is 5.69 Å². The maximum atomic E-state index is 15.8. The van der Waals surface area contributed by atoms with Crippen molar-refractivity contribution < 1.29 is 22.4 Å². The topological polar surface area (TPSA) is 104 Å². The second kappa shape index (κ2) is 9.70. The minimum atomic E-state index is -1.69. The zero-order valence-electron chi connectivity index (χ0n) is 21.0. The Labute approximate surface area is 232 Å². The van der Waals surface area contributed by atoms with Gasteiger partial charge in [0.25, 0.3) is 5.56 Å². The predicted octanol–water partition coefficient (Wildman–Crippen LogP) is 3.76. The number of hydrogen-bond donors (Lipinski definition) is 1. The lowest BCUT2D eigenvalue weighted by Gasteiger charge is -2.16. The van der Waals surface area contributed by atoms with Crippen LogP contribution in [0.4, 0.5) is 23.2 Å². The summed E-state index contributed by atoms with van der Waals surface area (Å²) in [5, 5.41) is 6.40. The van der Waals surface area contributed by atoms with Crippen molar-refractivity contribution >= 4 is 34.1 Å². The van der Waals surface area contributed by atoms with Crippen molar-refractivity contribution in [3.05, 3.63) is 109 Å². The van der Waals surface area contributed by atoms with Crippen LogP contribution in [0, 0.1) is 23.3 Å². The van der Waals surface area contributed by atoms with Crippen LogP contribution in [0.2, 0.25) is 5.02 Å². The number of hydrogen-bond acceptors (Lipinski definition) is 5. The lowest BCUT2D eigenvalue weighted by atomic mass is 9.99. The first-order valence-electron chi connectivity index (χ1n) is 12.1. The Bertz CT molecular complexity index is 2030. The smallest absolute Gasteiger partial charge is 0.325 e. The van der Waals surface area contributed by atoms with Gasteiger partial charge < -0.3 is 5.32 Å². The fraction of sp³-hybridized carbons (Fsp3) is 0.148. The molecule has 0 aliphatic carbocycles. The van der Waals surface area contributed by atoms with E-state index in [9.17, 15) is 27.6 Å². The number of fused-ring (bicyclic) bond motifs is 2. The number of amides is 1. The standard InChI is InChI=1S/C27H17ClF4N6O3/c1-36-11-33-22(35-36)10-38-26(40)24-17(29)5-13(15-4-14-7-23(39)34-20(14)8-16(15)28)6-21(24)37(27(38)41)9-12-2-18(30)25(32)19(31)3-12/h2-6,8,11H,7,9-10H2,1H3,(H,34,39). The molecule has 41 heavy (non-hydrogen) atoms. The van der Waals surface area contributed by atoms with E-state index in [1.807, 2.05) is 0 Å². The molecular formula is C27H17ClF4N6O3. The second-order valence-electron chi connectivity index (χ2n) is 9.53. The monoisotopic (exact) mass is 584 g/mol. The van der Waals surface area contributed by atoms with Crippen LogP contribution in [0.15, 0.2) is 52.3 Å². The summed E-state index contributed by atoms with van der Waals surface area (Å²) in [5.74, 6) is -5.81. The van der Waals surface area contributed by atoms with Crippen LogP contribution in [0.3, 0.4) is 0 Å². The molecule has 208 valence electrons. The minimum Gasteiger partial charge on any atom is -0.325 e. The summed E-state index contributed by atoms with van der Waals surface area (Å²) >= 11 is 6.45. The number of carbonyl (C=O) groups excluding carboxylic acids is 1. The Morgan fingerprint density at radius 1 is 0.927 bits per heavy atom. The summed E-state index contributed by atoms with van der Waals surface area (Å²) in [6, 6.07) is 6.92. The molecule has 0 saturated heterocycles. The van der Waals surface area contributed by atoms with Crippen molar-refractivity contribution in [2.45, 2.75) is 19.5 Å². The van der Waals surface area contributed by atoms with Gasteiger partial charge in [-0.3, -0.25) is 23.4 Å². The van der Waals surface area contributed by atoms with Crippen molar-refractivity contribution in [2.75, 3.05) is 5.32 Å². The molecule has 9 nitrogen and oxygen atoms in total. The molecule has 3 aromatic carbocycles. The number of rotatable bonds is 5. The fourth-order valence-electron chi connectivity index (χ4n) is 4.88. The van der Waals surface area contributed by atoms with Gasteiger partial charge in [0.15, 0.2) is 23.3 Å². The number of aryl methyl sites for hydroxylation is 1. The first-order chi connectivity index (χ1) is 19.5. The molecule has 0 bridgehead atoms. The van der Waals surface area contributed by atoms with Crippen LogP contribution in [0.25, 0.3) is 22.0 Å². The molecule has 1 aliphatic heterocycles. The number of halogens is 5. The molecule has 1 N–H and O–H groups in total. The molecule has 0 spiro atoms. The van der Waals surface area contributed by atoms with Crippen LogP contribution in [0.1, 0.15) is 17.0 Å². The zero-order chi connectivity index (χ0) is 29.2. The Balaban J connectivity index is 1.60. The van der Waals surface area contributed by atoms with Gasteiger partial charge in [0, 0.05) is 18.3 Å². The van der Waals surface area contributed by atoms with Crippen molar-refractivity contribution in [1.82, 2.24) is 23.9 Å². The maximum absolute atomic E-state index is 15.8. The minimum absolute atomic E-state index is 0.0776. The number of carbonyl (C=O) groups is 1. The highest BCUT2D eigenvalue weighted by Gasteiger charge is 2.23. The zero-order valence-corrected chi connectivity index (χ0v) is 21.8. The van der Waals surface area contributed by atoms with Crippen LogP contribution < -0.4 is 16.6 Å². The van der Waals surface area contributed by atoms with Gasteiger partial charge in [-0.2, -0.15) is 5.10 Å². The molecule has 3 heterocycles. The molecule has 14 heteroatoms. The highest BCUT2D eigenvalue weighted by atomic mass is 35.5. The highest BCUT2D eigenvalue weighted by Crippen LogP contribution is 2.37. The predicted molar refractivity (Wildman–Crippen MR) is 141 cm³/mol. The van der Waals surface area contributed by atoms with Gasteiger partial charge in [-0.1, -0.05) is 11.6 Å². The van der Waals surface area contributed by atoms with Crippen molar-refractivity contribution in [3.63, 3.8) is 0 Å². The average Bonchev–Trinajstić information content (AvgIpc) is 3.49. The average molecular weight is 585 g/mol. The van der Waals surface area contributed by atoms with Gasteiger partial charge in [0.05, 0.1) is 35.4 Å². The Morgan fingerprint density at radius 2 is 1.66 bits per heavy atom. The van der Waals surface area contributed by atoms with Gasteiger partial charge in [-0.25, -0.2) is 27.3 Å². The van der Waals surface area contributed by atoms with E-state index in [1.54, 1.807) is 13.1 Å². The number of benzene rings is 3. The van der Waals surface area contributed by atoms with Gasteiger partial charge in [0.1, 0.15) is 12.1 Å². The molecule has 0 atom stereocenters. The van der Waals surface area contributed by atoms with E-state index in [1.165, 1.54) is 23.1 Å².